The zero-order valence-corrected chi connectivity index (χ0v) is 12.9. The summed E-state index contributed by atoms with van der Waals surface area (Å²) in [5.41, 5.74) is 7.17. The first-order valence-electron chi connectivity index (χ1n) is 7.09. The van der Waals surface area contributed by atoms with Gasteiger partial charge in [0.2, 0.25) is 11.9 Å². The molecule has 2 heterocycles. The van der Waals surface area contributed by atoms with Crippen molar-refractivity contribution in [1.82, 2.24) is 19.9 Å². The fourth-order valence-corrected chi connectivity index (χ4v) is 1.93. The van der Waals surface area contributed by atoms with Gasteiger partial charge in [0.15, 0.2) is 5.82 Å². The first kappa shape index (κ1) is 14.7. The highest BCUT2D eigenvalue weighted by Crippen LogP contribution is 2.20. The van der Waals surface area contributed by atoms with Gasteiger partial charge in [0, 0.05) is 19.7 Å². The SMILES string of the molecule is CN(C)c1nc(Nc2ccc(N)cn2)nc(-c2ccccc2)n1. The monoisotopic (exact) mass is 307 g/mol. The lowest BCUT2D eigenvalue weighted by molar-refractivity contribution is 0.965. The molecule has 0 fully saturated rings. The van der Waals surface area contributed by atoms with Crippen LogP contribution in [0.4, 0.5) is 23.4 Å². The van der Waals surface area contributed by atoms with Crippen LogP contribution < -0.4 is 16.0 Å². The summed E-state index contributed by atoms with van der Waals surface area (Å²) in [6.07, 6.45) is 1.58. The number of benzene rings is 1. The summed E-state index contributed by atoms with van der Waals surface area (Å²) in [4.78, 5) is 19.4. The van der Waals surface area contributed by atoms with Crippen LogP contribution in [0.15, 0.2) is 48.7 Å². The second-order valence-corrected chi connectivity index (χ2v) is 5.14. The van der Waals surface area contributed by atoms with Crippen molar-refractivity contribution < 1.29 is 0 Å². The Kier molecular flexibility index (Phi) is 4.01. The molecule has 116 valence electrons. The molecule has 0 spiro atoms. The molecule has 0 radical (unpaired) electrons. The molecule has 0 aliphatic carbocycles. The Bertz CT molecular complexity index is 785. The minimum absolute atomic E-state index is 0.430. The molecule has 7 nitrogen and oxygen atoms in total. The number of pyridine rings is 1. The smallest absolute Gasteiger partial charge is 0.233 e. The van der Waals surface area contributed by atoms with Crippen molar-refractivity contribution in [1.29, 1.82) is 0 Å². The number of aromatic nitrogens is 4. The van der Waals surface area contributed by atoms with Crippen LogP contribution in [-0.2, 0) is 0 Å². The topological polar surface area (TPSA) is 92.9 Å². The van der Waals surface area contributed by atoms with Crippen LogP contribution in [0.3, 0.4) is 0 Å². The van der Waals surface area contributed by atoms with E-state index in [9.17, 15) is 0 Å². The van der Waals surface area contributed by atoms with E-state index in [0.29, 0.717) is 29.2 Å². The van der Waals surface area contributed by atoms with Crippen LogP contribution in [0.5, 0.6) is 0 Å². The van der Waals surface area contributed by atoms with Crippen LogP contribution in [0.25, 0.3) is 11.4 Å². The van der Waals surface area contributed by atoms with Gasteiger partial charge in [0.1, 0.15) is 5.82 Å². The zero-order valence-electron chi connectivity index (χ0n) is 12.9. The van der Waals surface area contributed by atoms with Crippen molar-refractivity contribution in [2.45, 2.75) is 0 Å². The van der Waals surface area contributed by atoms with Crippen molar-refractivity contribution in [2.75, 3.05) is 30.0 Å². The lowest BCUT2D eigenvalue weighted by Gasteiger charge is -2.13. The van der Waals surface area contributed by atoms with E-state index in [1.54, 1.807) is 18.3 Å². The van der Waals surface area contributed by atoms with E-state index in [4.69, 9.17) is 5.73 Å². The normalized spacial score (nSPS) is 10.3. The molecule has 3 N–H and O–H groups in total. The summed E-state index contributed by atoms with van der Waals surface area (Å²) in [6, 6.07) is 13.3. The second kappa shape index (κ2) is 6.27. The largest absolute Gasteiger partial charge is 0.397 e. The molecule has 0 atom stereocenters. The van der Waals surface area contributed by atoms with Crippen molar-refractivity contribution in [3.8, 4) is 11.4 Å². The predicted octanol–water partition coefficient (Wildman–Crippen LogP) is 2.33. The predicted molar refractivity (Wildman–Crippen MR) is 91.5 cm³/mol. The van der Waals surface area contributed by atoms with Crippen LogP contribution >= 0.6 is 0 Å². The molecule has 0 amide bonds. The molecule has 0 bridgehead atoms. The summed E-state index contributed by atoms with van der Waals surface area (Å²) < 4.78 is 0. The highest BCUT2D eigenvalue weighted by molar-refractivity contribution is 5.60. The Hall–Kier alpha value is -3.22. The molecule has 1 aromatic carbocycles. The van der Waals surface area contributed by atoms with E-state index in [2.05, 4.69) is 25.3 Å². The number of nitrogens with two attached hydrogens (primary N) is 1. The Morgan fingerprint density at radius 1 is 0.957 bits per heavy atom. The maximum absolute atomic E-state index is 5.65. The quantitative estimate of drug-likeness (QED) is 0.764. The Labute approximate surface area is 134 Å². The molecule has 0 unspecified atom stereocenters. The fraction of sp³-hybridized carbons (Fsp3) is 0.125. The van der Waals surface area contributed by atoms with Crippen molar-refractivity contribution in [2.24, 2.45) is 0 Å². The van der Waals surface area contributed by atoms with Crippen LogP contribution in [0.1, 0.15) is 0 Å². The Morgan fingerprint density at radius 2 is 1.74 bits per heavy atom. The van der Waals surface area contributed by atoms with Gasteiger partial charge < -0.3 is 16.0 Å². The van der Waals surface area contributed by atoms with Gasteiger partial charge in [-0.2, -0.15) is 15.0 Å². The molecular weight excluding hydrogens is 290 g/mol. The lowest BCUT2D eigenvalue weighted by Crippen LogP contribution is -2.15. The minimum Gasteiger partial charge on any atom is -0.397 e. The van der Waals surface area contributed by atoms with Crippen molar-refractivity contribution in [3.05, 3.63) is 48.7 Å². The van der Waals surface area contributed by atoms with Gasteiger partial charge in [0.05, 0.1) is 11.9 Å². The third-order valence-electron chi connectivity index (χ3n) is 3.08. The standard InChI is InChI=1S/C16H17N7/c1-23(2)16-21-14(11-6-4-3-5-7-11)20-15(22-16)19-13-9-8-12(17)10-18-13/h3-10H,17H2,1-2H3,(H,18,19,20,21,22). The Morgan fingerprint density at radius 3 is 2.39 bits per heavy atom. The van der Waals surface area contributed by atoms with E-state index in [1.807, 2.05) is 49.3 Å². The Balaban J connectivity index is 1.99. The second-order valence-electron chi connectivity index (χ2n) is 5.14. The van der Waals surface area contributed by atoms with Gasteiger partial charge in [-0.05, 0) is 12.1 Å². The molecule has 0 aliphatic heterocycles. The zero-order chi connectivity index (χ0) is 16.2. The first-order chi connectivity index (χ1) is 11.1. The molecular formula is C16H17N7. The fourth-order valence-electron chi connectivity index (χ4n) is 1.93. The molecule has 3 aromatic rings. The van der Waals surface area contributed by atoms with E-state index >= 15 is 0 Å². The molecule has 23 heavy (non-hydrogen) atoms. The number of nitrogens with zero attached hydrogens (tertiary/aromatic N) is 5. The van der Waals surface area contributed by atoms with E-state index in [-0.39, 0.29) is 0 Å². The maximum atomic E-state index is 5.65. The van der Waals surface area contributed by atoms with Gasteiger partial charge in [0.25, 0.3) is 0 Å². The maximum Gasteiger partial charge on any atom is 0.233 e. The number of rotatable bonds is 4. The summed E-state index contributed by atoms with van der Waals surface area (Å²) in [5.74, 6) is 2.22. The van der Waals surface area contributed by atoms with Gasteiger partial charge in [-0.15, -0.1) is 0 Å². The summed E-state index contributed by atoms with van der Waals surface area (Å²) in [5, 5.41) is 3.08. The minimum atomic E-state index is 0.430. The van der Waals surface area contributed by atoms with Gasteiger partial charge in [-0.25, -0.2) is 4.98 Å². The molecule has 3 rings (SSSR count). The van der Waals surface area contributed by atoms with Gasteiger partial charge in [-0.3, -0.25) is 0 Å². The number of hydrogen-bond donors (Lipinski definition) is 2. The number of nitrogens with one attached hydrogen (secondary N) is 1. The van der Waals surface area contributed by atoms with E-state index in [0.717, 1.165) is 5.56 Å². The number of nitrogen functional groups attached to an aromatic ring is 1. The van der Waals surface area contributed by atoms with Crippen LogP contribution in [0.2, 0.25) is 0 Å². The highest BCUT2D eigenvalue weighted by atomic mass is 15.3. The molecule has 0 saturated heterocycles. The molecule has 7 heteroatoms. The summed E-state index contributed by atoms with van der Waals surface area (Å²) >= 11 is 0. The van der Waals surface area contributed by atoms with Crippen LogP contribution in [0, 0.1) is 0 Å². The molecule has 2 aromatic heterocycles. The average Bonchev–Trinajstić information content (AvgIpc) is 2.57. The van der Waals surface area contributed by atoms with Gasteiger partial charge >= 0.3 is 0 Å². The molecule has 0 saturated carbocycles. The summed E-state index contributed by atoms with van der Waals surface area (Å²) in [7, 11) is 3.77. The average molecular weight is 307 g/mol. The number of hydrogen-bond acceptors (Lipinski definition) is 7. The third kappa shape index (κ3) is 3.52. The summed E-state index contributed by atoms with van der Waals surface area (Å²) in [6.45, 7) is 0. The van der Waals surface area contributed by atoms with Gasteiger partial charge in [-0.1, -0.05) is 30.3 Å². The van der Waals surface area contributed by atoms with E-state index in [1.165, 1.54) is 0 Å². The van der Waals surface area contributed by atoms with Crippen LogP contribution in [-0.4, -0.2) is 34.0 Å². The third-order valence-corrected chi connectivity index (χ3v) is 3.08. The highest BCUT2D eigenvalue weighted by Gasteiger charge is 2.10. The van der Waals surface area contributed by atoms with E-state index < -0.39 is 0 Å². The molecule has 0 aliphatic rings. The number of anilines is 4. The first-order valence-corrected chi connectivity index (χ1v) is 7.09. The lowest BCUT2D eigenvalue weighted by atomic mass is 10.2. The van der Waals surface area contributed by atoms with Crippen molar-refractivity contribution in [3.63, 3.8) is 0 Å². The van der Waals surface area contributed by atoms with Crippen molar-refractivity contribution >= 4 is 23.4 Å².